The minimum absolute atomic E-state index is 0.216. The Balaban J connectivity index is 2.10. The summed E-state index contributed by atoms with van der Waals surface area (Å²) in [4.78, 5) is 4.86. The molecule has 3 aromatic rings. The highest BCUT2D eigenvalue weighted by atomic mass is 32.2. The Morgan fingerprint density at radius 2 is 1.68 bits per heavy atom. The molecule has 0 saturated carbocycles. The number of nitrogens with zero attached hydrogens (tertiary/aromatic N) is 1. The van der Waals surface area contributed by atoms with Crippen LogP contribution in [0.25, 0.3) is 22.0 Å². The summed E-state index contributed by atoms with van der Waals surface area (Å²) in [7, 11) is 0. The van der Waals surface area contributed by atoms with E-state index in [0.29, 0.717) is 0 Å². The van der Waals surface area contributed by atoms with Crippen LogP contribution in [0.3, 0.4) is 0 Å². The molecular formula is C19H20N2S. The van der Waals surface area contributed by atoms with Crippen molar-refractivity contribution >= 4 is 22.7 Å². The molecule has 2 nitrogen and oxygen atoms in total. The SMILES string of the molecule is CC(C)(N)CSc1nc2ccccc2cc1-c1ccccc1. The molecule has 0 amide bonds. The van der Waals surface area contributed by atoms with Crippen molar-refractivity contribution in [3.05, 3.63) is 60.7 Å². The molecule has 2 aromatic carbocycles. The van der Waals surface area contributed by atoms with Gasteiger partial charge in [-0.1, -0.05) is 48.5 Å². The van der Waals surface area contributed by atoms with Crippen molar-refractivity contribution in [2.24, 2.45) is 5.73 Å². The number of hydrogen-bond donors (Lipinski definition) is 1. The maximum absolute atomic E-state index is 6.14. The van der Waals surface area contributed by atoms with Crippen LogP contribution in [0, 0.1) is 0 Å². The highest BCUT2D eigenvalue weighted by Crippen LogP contribution is 2.33. The second-order valence-electron chi connectivity index (χ2n) is 6.18. The molecule has 0 radical (unpaired) electrons. The average Bonchev–Trinajstić information content (AvgIpc) is 2.52. The van der Waals surface area contributed by atoms with E-state index in [1.165, 1.54) is 11.1 Å². The molecule has 0 aliphatic heterocycles. The summed E-state index contributed by atoms with van der Waals surface area (Å²) < 4.78 is 0. The lowest BCUT2D eigenvalue weighted by molar-refractivity contribution is 0.591. The van der Waals surface area contributed by atoms with E-state index in [1.807, 2.05) is 26.0 Å². The molecule has 3 heteroatoms. The van der Waals surface area contributed by atoms with Gasteiger partial charge < -0.3 is 5.73 Å². The summed E-state index contributed by atoms with van der Waals surface area (Å²) in [6.45, 7) is 4.09. The summed E-state index contributed by atoms with van der Waals surface area (Å²) >= 11 is 1.73. The van der Waals surface area contributed by atoms with Gasteiger partial charge in [0.2, 0.25) is 0 Å². The maximum Gasteiger partial charge on any atom is 0.105 e. The molecular weight excluding hydrogens is 288 g/mol. The van der Waals surface area contributed by atoms with Crippen molar-refractivity contribution in [1.82, 2.24) is 4.98 Å². The lowest BCUT2D eigenvalue weighted by Gasteiger charge is -2.18. The standard InChI is InChI=1S/C19H20N2S/c1-19(2,20)13-22-18-16(14-8-4-3-5-9-14)12-15-10-6-7-11-17(15)21-18/h3-12H,13,20H2,1-2H3. The predicted octanol–water partition coefficient (Wildman–Crippen LogP) is 4.73. The van der Waals surface area contributed by atoms with E-state index in [2.05, 4.69) is 48.5 Å². The zero-order valence-corrected chi connectivity index (χ0v) is 13.7. The lowest BCUT2D eigenvalue weighted by Crippen LogP contribution is -2.34. The molecule has 0 saturated heterocycles. The number of rotatable bonds is 4. The number of nitrogens with two attached hydrogens (primary N) is 1. The first-order chi connectivity index (χ1) is 10.5. The Labute approximate surface area is 135 Å². The van der Waals surface area contributed by atoms with Crippen molar-refractivity contribution in [3.8, 4) is 11.1 Å². The third-order valence-electron chi connectivity index (χ3n) is 3.35. The second-order valence-corrected chi connectivity index (χ2v) is 7.14. The predicted molar refractivity (Wildman–Crippen MR) is 96.2 cm³/mol. The van der Waals surface area contributed by atoms with Gasteiger partial charge in [-0.25, -0.2) is 4.98 Å². The Bertz CT molecular complexity index is 776. The van der Waals surface area contributed by atoms with Crippen LogP contribution in [0.4, 0.5) is 0 Å². The number of hydrogen-bond acceptors (Lipinski definition) is 3. The minimum atomic E-state index is -0.216. The molecule has 0 bridgehead atoms. The smallest absolute Gasteiger partial charge is 0.105 e. The van der Waals surface area contributed by atoms with Crippen molar-refractivity contribution in [1.29, 1.82) is 0 Å². The van der Waals surface area contributed by atoms with Crippen LogP contribution in [-0.2, 0) is 0 Å². The summed E-state index contributed by atoms with van der Waals surface area (Å²) in [5.41, 5.74) is 9.31. The Kier molecular flexibility index (Phi) is 4.19. The Morgan fingerprint density at radius 1 is 1.00 bits per heavy atom. The first kappa shape index (κ1) is 15.1. The molecule has 1 aromatic heterocycles. The van der Waals surface area contributed by atoms with E-state index in [9.17, 15) is 0 Å². The van der Waals surface area contributed by atoms with E-state index in [4.69, 9.17) is 10.7 Å². The Morgan fingerprint density at radius 3 is 2.41 bits per heavy atom. The molecule has 1 heterocycles. The van der Waals surface area contributed by atoms with Crippen LogP contribution < -0.4 is 5.73 Å². The largest absolute Gasteiger partial charge is 0.325 e. The van der Waals surface area contributed by atoms with E-state index < -0.39 is 0 Å². The monoisotopic (exact) mass is 308 g/mol. The van der Waals surface area contributed by atoms with E-state index in [1.54, 1.807) is 11.8 Å². The van der Waals surface area contributed by atoms with Crippen molar-refractivity contribution in [2.75, 3.05) is 5.75 Å². The molecule has 112 valence electrons. The average molecular weight is 308 g/mol. The van der Waals surface area contributed by atoms with Crippen LogP contribution in [0.5, 0.6) is 0 Å². The minimum Gasteiger partial charge on any atom is -0.325 e. The number of pyridine rings is 1. The zero-order valence-electron chi connectivity index (χ0n) is 12.9. The van der Waals surface area contributed by atoms with Gasteiger partial charge in [0.1, 0.15) is 5.03 Å². The molecule has 2 N–H and O–H groups in total. The number of benzene rings is 2. The van der Waals surface area contributed by atoms with Gasteiger partial charge >= 0.3 is 0 Å². The molecule has 0 spiro atoms. The summed E-state index contributed by atoms with van der Waals surface area (Å²) in [5.74, 6) is 0.832. The van der Waals surface area contributed by atoms with Crippen LogP contribution in [-0.4, -0.2) is 16.3 Å². The third kappa shape index (κ3) is 3.49. The molecule has 0 aliphatic rings. The number of para-hydroxylation sites is 1. The van der Waals surface area contributed by atoms with E-state index in [0.717, 1.165) is 21.7 Å². The van der Waals surface area contributed by atoms with Crippen LogP contribution in [0.1, 0.15) is 13.8 Å². The zero-order chi connectivity index (χ0) is 15.6. The lowest BCUT2D eigenvalue weighted by atomic mass is 10.1. The van der Waals surface area contributed by atoms with Crippen molar-refractivity contribution < 1.29 is 0 Å². The van der Waals surface area contributed by atoms with Crippen LogP contribution in [0.2, 0.25) is 0 Å². The van der Waals surface area contributed by atoms with Gasteiger partial charge in [0.05, 0.1) is 5.52 Å². The molecule has 3 rings (SSSR count). The number of fused-ring (bicyclic) bond motifs is 1. The van der Waals surface area contributed by atoms with Crippen LogP contribution in [0.15, 0.2) is 65.7 Å². The maximum atomic E-state index is 6.14. The van der Waals surface area contributed by atoms with Crippen LogP contribution >= 0.6 is 11.8 Å². The molecule has 0 aliphatic carbocycles. The van der Waals surface area contributed by atoms with Gasteiger partial charge in [0.25, 0.3) is 0 Å². The molecule has 0 atom stereocenters. The Hall–Kier alpha value is -1.84. The van der Waals surface area contributed by atoms with E-state index in [-0.39, 0.29) is 5.54 Å². The third-order valence-corrected chi connectivity index (χ3v) is 4.83. The van der Waals surface area contributed by atoms with Crippen molar-refractivity contribution in [3.63, 3.8) is 0 Å². The van der Waals surface area contributed by atoms with E-state index >= 15 is 0 Å². The van der Waals surface area contributed by atoms with Gasteiger partial charge in [-0.3, -0.25) is 0 Å². The molecule has 0 unspecified atom stereocenters. The fourth-order valence-corrected chi connectivity index (χ4v) is 3.29. The topological polar surface area (TPSA) is 38.9 Å². The summed E-state index contributed by atoms with van der Waals surface area (Å²) in [6, 6.07) is 20.9. The number of thioether (sulfide) groups is 1. The second kappa shape index (κ2) is 6.11. The fraction of sp³-hybridized carbons (Fsp3) is 0.211. The van der Waals surface area contributed by atoms with Gasteiger partial charge in [0, 0.05) is 22.2 Å². The fourth-order valence-electron chi connectivity index (χ4n) is 2.29. The van der Waals surface area contributed by atoms with Gasteiger partial charge in [0.15, 0.2) is 0 Å². The highest BCUT2D eigenvalue weighted by molar-refractivity contribution is 7.99. The first-order valence-corrected chi connectivity index (χ1v) is 8.38. The molecule has 0 fully saturated rings. The molecule has 22 heavy (non-hydrogen) atoms. The quantitative estimate of drug-likeness (QED) is 0.708. The summed E-state index contributed by atoms with van der Waals surface area (Å²) in [6.07, 6.45) is 0. The summed E-state index contributed by atoms with van der Waals surface area (Å²) in [5, 5.41) is 2.21. The first-order valence-electron chi connectivity index (χ1n) is 7.40. The van der Waals surface area contributed by atoms with Gasteiger partial charge in [-0.05, 0) is 31.5 Å². The normalized spacial score (nSPS) is 11.8. The van der Waals surface area contributed by atoms with Gasteiger partial charge in [-0.15, -0.1) is 11.8 Å². The van der Waals surface area contributed by atoms with Gasteiger partial charge in [-0.2, -0.15) is 0 Å². The van der Waals surface area contributed by atoms with Crippen molar-refractivity contribution in [2.45, 2.75) is 24.4 Å². The number of aromatic nitrogens is 1. The highest BCUT2D eigenvalue weighted by Gasteiger charge is 2.15.